The topological polar surface area (TPSA) is 46.5 Å². The lowest BCUT2D eigenvalue weighted by molar-refractivity contribution is -0.00763. The van der Waals surface area contributed by atoms with E-state index in [-0.39, 0.29) is 5.56 Å². The van der Waals surface area contributed by atoms with Gasteiger partial charge in [-0.25, -0.2) is 0 Å². The molecule has 5 heteroatoms. The minimum Gasteiger partial charge on any atom is -0.378 e. The summed E-state index contributed by atoms with van der Waals surface area (Å²) in [6.45, 7) is 5.03. The largest absolute Gasteiger partial charge is 0.378 e. The van der Waals surface area contributed by atoms with E-state index in [0.717, 1.165) is 39.4 Å². The zero-order chi connectivity index (χ0) is 12.8. The Bertz CT molecular complexity index is 417. The second-order valence-corrected chi connectivity index (χ2v) is 4.55. The fourth-order valence-corrected chi connectivity index (χ4v) is 2.29. The maximum Gasteiger partial charge on any atom is 0.250 e. The molecule has 1 fully saturated rings. The molecule has 5 nitrogen and oxygen atoms in total. The number of rotatable bonds is 5. The molecule has 1 atom stereocenters. The van der Waals surface area contributed by atoms with Gasteiger partial charge in [-0.15, -0.1) is 0 Å². The van der Waals surface area contributed by atoms with Crippen LogP contribution in [0.4, 0.5) is 0 Å². The summed E-state index contributed by atoms with van der Waals surface area (Å²) in [7, 11) is 1.95. The molecule has 1 aromatic rings. The van der Waals surface area contributed by atoms with Crippen LogP contribution >= 0.6 is 0 Å². The molecule has 0 spiro atoms. The second kappa shape index (κ2) is 6.68. The van der Waals surface area contributed by atoms with Gasteiger partial charge in [-0.3, -0.25) is 9.69 Å². The summed E-state index contributed by atoms with van der Waals surface area (Å²) in [4.78, 5) is 14.0. The molecule has 1 saturated heterocycles. The highest BCUT2D eigenvalue weighted by Gasteiger charge is 2.21. The molecule has 100 valence electrons. The molecule has 0 radical (unpaired) electrons. The molecular formula is C13H21N3O2. The standard InChI is InChI=1S/C13H21N3O2/c1-14-10-12-11-18-9-8-15(12)6-7-16-5-3-2-4-13(16)17/h2-5,12,14H,6-11H2,1H3. The number of hydrogen-bond donors (Lipinski definition) is 1. The molecule has 1 aliphatic heterocycles. The third-order valence-electron chi connectivity index (χ3n) is 3.32. The van der Waals surface area contributed by atoms with E-state index in [0.29, 0.717) is 6.04 Å². The van der Waals surface area contributed by atoms with Crippen LogP contribution in [-0.4, -0.2) is 55.4 Å². The third-order valence-corrected chi connectivity index (χ3v) is 3.32. The summed E-state index contributed by atoms with van der Waals surface area (Å²) < 4.78 is 7.25. The Hall–Kier alpha value is -1.17. The Morgan fingerprint density at radius 3 is 3.11 bits per heavy atom. The van der Waals surface area contributed by atoms with Crippen molar-refractivity contribution in [3.63, 3.8) is 0 Å². The van der Waals surface area contributed by atoms with E-state index in [9.17, 15) is 4.79 Å². The highest BCUT2D eigenvalue weighted by atomic mass is 16.5. The number of ether oxygens (including phenoxy) is 1. The molecule has 0 bridgehead atoms. The van der Waals surface area contributed by atoms with Gasteiger partial charge < -0.3 is 14.6 Å². The predicted molar refractivity (Wildman–Crippen MR) is 70.8 cm³/mol. The van der Waals surface area contributed by atoms with Crippen molar-refractivity contribution in [3.8, 4) is 0 Å². The summed E-state index contributed by atoms with van der Waals surface area (Å²) in [6.07, 6.45) is 1.84. The van der Waals surface area contributed by atoms with E-state index in [1.54, 1.807) is 16.7 Å². The average molecular weight is 251 g/mol. The smallest absolute Gasteiger partial charge is 0.250 e. The van der Waals surface area contributed by atoms with Gasteiger partial charge in [-0.05, 0) is 13.1 Å². The quantitative estimate of drug-likeness (QED) is 0.785. The Morgan fingerprint density at radius 2 is 2.33 bits per heavy atom. The van der Waals surface area contributed by atoms with Crippen LogP contribution < -0.4 is 10.9 Å². The van der Waals surface area contributed by atoms with Crippen LogP contribution in [0.3, 0.4) is 0 Å². The average Bonchev–Trinajstić information content (AvgIpc) is 2.40. The van der Waals surface area contributed by atoms with Gasteiger partial charge in [-0.1, -0.05) is 6.07 Å². The first-order valence-electron chi connectivity index (χ1n) is 6.43. The number of nitrogens with one attached hydrogen (secondary N) is 1. The number of aromatic nitrogens is 1. The van der Waals surface area contributed by atoms with Crippen LogP contribution in [-0.2, 0) is 11.3 Å². The molecule has 18 heavy (non-hydrogen) atoms. The molecule has 1 N–H and O–H groups in total. The molecule has 0 aromatic carbocycles. The van der Waals surface area contributed by atoms with E-state index >= 15 is 0 Å². The summed E-state index contributed by atoms with van der Waals surface area (Å²) in [5.41, 5.74) is 0.0657. The van der Waals surface area contributed by atoms with E-state index in [1.165, 1.54) is 0 Å². The molecule has 0 saturated carbocycles. The normalized spacial score (nSPS) is 21.1. The van der Waals surface area contributed by atoms with Crippen LogP contribution in [0.2, 0.25) is 0 Å². The van der Waals surface area contributed by atoms with Crippen LogP contribution in [0, 0.1) is 0 Å². The summed E-state index contributed by atoms with van der Waals surface area (Å²) >= 11 is 0. The lowest BCUT2D eigenvalue weighted by atomic mass is 10.2. The van der Waals surface area contributed by atoms with Crippen molar-refractivity contribution in [2.24, 2.45) is 0 Å². The maximum absolute atomic E-state index is 11.6. The minimum absolute atomic E-state index is 0.0657. The summed E-state index contributed by atoms with van der Waals surface area (Å²) in [5.74, 6) is 0. The Kier molecular flexibility index (Phi) is 4.92. The van der Waals surface area contributed by atoms with Gasteiger partial charge in [0.05, 0.1) is 13.2 Å². The Balaban J connectivity index is 1.92. The molecule has 1 unspecified atom stereocenters. The van der Waals surface area contributed by atoms with Crippen molar-refractivity contribution in [1.82, 2.24) is 14.8 Å². The zero-order valence-corrected chi connectivity index (χ0v) is 10.8. The van der Waals surface area contributed by atoms with Gasteiger partial charge in [0.1, 0.15) is 0 Å². The first kappa shape index (κ1) is 13.3. The SMILES string of the molecule is CNCC1COCCN1CCn1ccccc1=O. The Labute approximate surface area is 107 Å². The molecule has 0 aliphatic carbocycles. The highest BCUT2D eigenvalue weighted by Crippen LogP contribution is 2.05. The molecule has 1 aromatic heterocycles. The fraction of sp³-hybridized carbons (Fsp3) is 0.615. The molecule has 1 aliphatic rings. The molecule has 0 amide bonds. The van der Waals surface area contributed by atoms with Gasteiger partial charge in [0.25, 0.3) is 5.56 Å². The fourth-order valence-electron chi connectivity index (χ4n) is 2.29. The zero-order valence-electron chi connectivity index (χ0n) is 10.8. The second-order valence-electron chi connectivity index (χ2n) is 4.55. The number of hydrogen-bond acceptors (Lipinski definition) is 4. The monoisotopic (exact) mass is 251 g/mol. The van der Waals surface area contributed by atoms with E-state index < -0.39 is 0 Å². The van der Waals surface area contributed by atoms with Crippen molar-refractivity contribution in [3.05, 3.63) is 34.7 Å². The van der Waals surface area contributed by atoms with E-state index in [1.807, 2.05) is 19.3 Å². The van der Waals surface area contributed by atoms with Crippen LogP contribution in [0.25, 0.3) is 0 Å². The van der Waals surface area contributed by atoms with Crippen molar-refractivity contribution in [1.29, 1.82) is 0 Å². The predicted octanol–water partition coefficient (Wildman–Crippen LogP) is -0.231. The van der Waals surface area contributed by atoms with Crippen LogP contribution in [0.1, 0.15) is 0 Å². The number of morpholine rings is 1. The van der Waals surface area contributed by atoms with Crippen molar-refractivity contribution < 1.29 is 4.74 Å². The minimum atomic E-state index is 0.0657. The van der Waals surface area contributed by atoms with Gasteiger partial charge in [-0.2, -0.15) is 0 Å². The van der Waals surface area contributed by atoms with Crippen LogP contribution in [0.15, 0.2) is 29.2 Å². The number of nitrogens with zero attached hydrogens (tertiary/aromatic N) is 2. The lowest BCUT2D eigenvalue weighted by Gasteiger charge is -2.35. The van der Waals surface area contributed by atoms with Gasteiger partial charge in [0.15, 0.2) is 0 Å². The first-order valence-corrected chi connectivity index (χ1v) is 6.43. The van der Waals surface area contributed by atoms with E-state index in [4.69, 9.17) is 4.74 Å². The molecule has 2 heterocycles. The first-order chi connectivity index (χ1) is 8.81. The Morgan fingerprint density at radius 1 is 1.44 bits per heavy atom. The van der Waals surface area contributed by atoms with Crippen molar-refractivity contribution in [2.45, 2.75) is 12.6 Å². The van der Waals surface area contributed by atoms with Crippen LogP contribution in [0.5, 0.6) is 0 Å². The number of likely N-dealkylation sites (N-methyl/N-ethyl adjacent to an activating group) is 1. The van der Waals surface area contributed by atoms with Gasteiger partial charge in [0.2, 0.25) is 0 Å². The summed E-state index contributed by atoms with van der Waals surface area (Å²) in [5, 5.41) is 3.19. The van der Waals surface area contributed by atoms with Gasteiger partial charge >= 0.3 is 0 Å². The third kappa shape index (κ3) is 3.41. The lowest BCUT2D eigenvalue weighted by Crippen LogP contribution is -2.51. The highest BCUT2D eigenvalue weighted by molar-refractivity contribution is 4.93. The summed E-state index contributed by atoms with van der Waals surface area (Å²) in [6, 6.07) is 5.68. The van der Waals surface area contributed by atoms with Crippen molar-refractivity contribution in [2.75, 3.05) is 39.9 Å². The van der Waals surface area contributed by atoms with Crippen molar-refractivity contribution >= 4 is 0 Å². The maximum atomic E-state index is 11.6. The number of pyridine rings is 1. The molecular weight excluding hydrogens is 230 g/mol. The van der Waals surface area contributed by atoms with E-state index in [2.05, 4.69) is 10.2 Å². The molecule has 2 rings (SSSR count). The van der Waals surface area contributed by atoms with Gasteiger partial charge in [0, 0.05) is 44.5 Å².